The molecule has 0 aliphatic carbocycles. The molecule has 1 aliphatic heterocycles. The summed E-state index contributed by atoms with van der Waals surface area (Å²) in [5.41, 5.74) is -0.283. The highest BCUT2D eigenvalue weighted by atomic mass is 32.1. The molecule has 98 valence electrons. The van der Waals surface area contributed by atoms with Crippen LogP contribution < -0.4 is 5.32 Å². The lowest BCUT2D eigenvalue weighted by Gasteiger charge is -2.30. The molecule has 1 unspecified atom stereocenters. The number of aromatic nitrogens is 1. The van der Waals surface area contributed by atoms with Gasteiger partial charge in [0.05, 0.1) is 5.69 Å². The number of amides is 2. The molecule has 18 heavy (non-hydrogen) atoms. The molecule has 1 atom stereocenters. The van der Waals surface area contributed by atoms with E-state index >= 15 is 0 Å². The van der Waals surface area contributed by atoms with Gasteiger partial charge in [0.1, 0.15) is 5.54 Å². The standard InChI is InChI=1S/C11H15N3O3S/c1-7-6-18-9(12-7)13-10(17)14-5-3-4-11(14,2)8(15)16/h6H,3-5H2,1-2H3,(H,15,16)(H,12,13,17). The quantitative estimate of drug-likeness (QED) is 0.859. The summed E-state index contributed by atoms with van der Waals surface area (Å²) in [7, 11) is 0. The molecule has 0 spiro atoms. The normalized spacial score (nSPS) is 23.1. The highest BCUT2D eigenvalue weighted by Crippen LogP contribution is 2.30. The zero-order chi connectivity index (χ0) is 13.3. The lowest BCUT2D eigenvalue weighted by molar-refractivity contribution is -0.146. The Labute approximate surface area is 109 Å². The Bertz CT molecular complexity index is 488. The van der Waals surface area contributed by atoms with Crippen molar-refractivity contribution in [2.45, 2.75) is 32.2 Å². The van der Waals surface area contributed by atoms with Crippen LogP contribution in [0.15, 0.2) is 5.38 Å². The molecular formula is C11H15N3O3S. The molecule has 0 bridgehead atoms. The Hall–Kier alpha value is -1.63. The van der Waals surface area contributed by atoms with Gasteiger partial charge in [-0.3, -0.25) is 5.32 Å². The van der Waals surface area contributed by atoms with Crippen LogP contribution in [0.3, 0.4) is 0 Å². The summed E-state index contributed by atoms with van der Waals surface area (Å²) in [6.45, 7) is 3.87. The molecule has 1 aromatic heterocycles. The van der Waals surface area contributed by atoms with Crippen molar-refractivity contribution in [3.8, 4) is 0 Å². The van der Waals surface area contributed by atoms with E-state index in [0.717, 1.165) is 5.69 Å². The SMILES string of the molecule is Cc1csc(NC(=O)N2CCCC2(C)C(=O)O)n1. The molecule has 2 heterocycles. The summed E-state index contributed by atoms with van der Waals surface area (Å²) in [6.07, 6.45) is 1.18. The molecule has 6 nitrogen and oxygen atoms in total. The number of carbonyl (C=O) groups is 2. The Balaban J connectivity index is 2.11. The second-order valence-corrected chi connectivity index (χ2v) is 5.42. The minimum Gasteiger partial charge on any atom is -0.480 e. The van der Waals surface area contributed by atoms with E-state index in [0.29, 0.717) is 24.5 Å². The number of likely N-dealkylation sites (tertiary alicyclic amines) is 1. The van der Waals surface area contributed by atoms with E-state index < -0.39 is 17.5 Å². The van der Waals surface area contributed by atoms with Crippen LogP contribution in [0.25, 0.3) is 0 Å². The molecule has 1 fully saturated rings. The maximum absolute atomic E-state index is 12.1. The Morgan fingerprint density at radius 3 is 2.89 bits per heavy atom. The number of aryl methyl sites for hydroxylation is 1. The van der Waals surface area contributed by atoms with Gasteiger partial charge in [0.2, 0.25) is 0 Å². The lowest BCUT2D eigenvalue weighted by Crippen LogP contribution is -2.52. The number of carboxylic acids is 1. The number of rotatable bonds is 2. The van der Waals surface area contributed by atoms with E-state index in [2.05, 4.69) is 10.3 Å². The van der Waals surface area contributed by atoms with Gasteiger partial charge >= 0.3 is 12.0 Å². The van der Waals surface area contributed by atoms with E-state index in [-0.39, 0.29) is 0 Å². The van der Waals surface area contributed by atoms with Crippen molar-refractivity contribution in [1.29, 1.82) is 0 Å². The number of carboxylic acid groups (broad SMARTS) is 1. The summed E-state index contributed by atoms with van der Waals surface area (Å²) in [5.74, 6) is -0.967. The van der Waals surface area contributed by atoms with Crippen LogP contribution in [-0.2, 0) is 4.79 Å². The van der Waals surface area contributed by atoms with Gasteiger partial charge in [-0.15, -0.1) is 11.3 Å². The molecule has 2 amide bonds. The van der Waals surface area contributed by atoms with Crippen molar-refractivity contribution in [3.63, 3.8) is 0 Å². The van der Waals surface area contributed by atoms with E-state index in [9.17, 15) is 14.7 Å². The number of thiazole rings is 1. The van der Waals surface area contributed by atoms with Crippen LogP contribution >= 0.6 is 11.3 Å². The molecule has 7 heteroatoms. The van der Waals surface area contributed by atoms with Crippen molar-refractivity contribution < 1.29 is 14.7 Å². The largest absolute Gasteiger partial charge is 0.480 e. The molecule has 0 saturated carbocycles. The topological polar surface area (TPSA) is 82.5 Å². The third-order valence-corrected chi connectivity index (χ3v) is 4.06. The predicted octanol–water partition coefficient (Wildman–Crippen LogP) is 1.92. The fraction of sp³-hybridized carbons (Fsp3) is 0.545. The fourth-order valence-electron chi connectivity index (χ4n) is 2.08. The first-order chi connectivity index (χ1) is 8.43. The lowest BCUT2D eigenvalue weighted by atomic mass is 10.00. The summed E-state index contributed by atoms with van der Waals surface area (Å²) >= 11 is 1.33. The van der Waals surface area contributed by atoms with Crippen molar-refractivity contribution in [1.82, 2.24) is 9.88 Å². The minimum atomic E-state index is -1.11. The van der Waals surface area contributed by atoms with Crippen LogP contribution in [0.4, 0.5) is 9.93 Å². The second-order valence-electron chi connectivity index (χ2n) is 4.56. The van der Waals surface area contributed by atoms with E-state index in [1.54, 1.807) is 6.92 Å². The molecular weight excluding hydrogens is 254 g/mol. The average Bonchev–Trinajstić information content (AvgIpc) is 2.86. The van der Waals surface area contributed by atoms with E-state index in [1.807, 2.05) is 12.3 Å². The van der Waals surface area contributed by atoms with Crippen LogP contribution in [-0.4, -0.2) is 39.1 Å². The van der Waals surface area contributed by atoms with Crippen LogP contribution in [0.1, 0.15) is 25.5 Å². The average molecular weight is 269 g/mol. The van der Waals surface area contributed by atoms with E-state index in [1.165, 1.54) is 16.2 Å². The molecule has 0 aromatic carbocycles. The van der Waals surface area contributed by atoms with Crippen LogP contribution in [0.2, 0.25) is 0 Å². The summed E-state index contributed by atoms with van der Waals surface area (Å²) < 4.78 is 0. The monoisotopic (exact) mass is 269 g/mol. The van der Waals surface area contributed by atoms with Gasteiger partial charge < -0.3 is 10.0 Å². The van der Waals surface area contributed by atoms with Crippen LogP contribution in [0, 0.1) is 6.92 Å². The van der Waals surface area contributed by atoms with Crippen molar-refractivity contribution in [3.05, 3.63) is 11.1 Å². The smallest absolute Gasteiger partial charge is 0.329 e. The number of aliphatic carboxylic acids is 1. The number of carbonyl (C=O) groups excluding carboxylic acids is 1. The zero-order valence-electron chi connectivity index (χ0n) is 10.3. The minimum absolute atomic E-state index is 0.397. The van der Waals surface area contributed by atoms with Crippen LogP contribution in [0.5, 0.6) is 0 Å². The number of anilines is 1. The molecule has 1 aromatic rings. The molecule has 1 saturated heterocycles. The first-order valence-electron chi connectivity index (χ1n) is 5.67. The number of urea groups is 1. The summed E-state index contributed by atoms with van der Waals surface area (Å²) in [5, 5.41) is 14.2. The fourth-order valence-corrected chi connectivity index (χ4v) is 2.76. The number of nitrogens with zero attached hydrogens (tertiary/aromatic N) is 2. The zero-order valence-corrected chi connectivity index (χ0v) is 11.1. The second kappa shape index (κ2) is 4.56. The molecule has 1 aliphatic rings. The Kier molecular flexibility index (Phi) is 3.25. The summed E-state index contributed by atoms with van der Waals surface area (Å²) in [4.78, 5) is 28.8. The first-order valence-corrected chi connectivity index (χ1v) is 6.55. The number of nitrogens with one attached hydrogen (secondary N) is 1. The van der Waals surface area contributed by atoms with Crippen molar-refractivity contribution in [2.75, 3.05) is 11.9 Å². The van der Waals surface area contributed by atoms with Crippen molar-refractivity contribution >= 4 is 28.5 Å². The Morgan fingerprint density at radius 2 is 2.33 bits per heavy atom. The highest BCUT2D eigenvalue weighted by molar-refractivity contribution is 7.13. The first kappa shape index (κ1) is 12.8. The van der Waals surface area contributed by atoms with E-state index in [4.69, 9.17) is 0 Å². The Morgan fingerprint density at radius 1 is 1.61 bits per heavy atom. The summed E-state index contributed by atoms with van der Waals surface area (Å²) in [6, 6.07) is -0.397. The predicted molar refractivity (Wildman–Crippen MR) is 67.9 cm³/mol. The van der Waals surface area contributed by atoms with Gasteiger partial charge in [-0.05, 0) is 26.7 Å². The third-order valence-electron chi connectivity index (χ3n) is 3.18. The highest BCUT2D eigenvalue weighted by Gasteiger charge is 2.46. The van der Waals surface area contributed by atoms with Gasteiger partial charge in [0.15, 0.2) is 5.13 Å². The van der Waals surface area contributed by atoms with Crippen molar-refractivity contribution in [2.24, 2.45) is 0 Å². The van der Waals surface area contributed by atoms with Gasteiger partial charge in [-0.25, -0.2) is 14.6 Å². The van der Waals surface area contributed by atoms with Gasteiger partial charge in [-0.1, -0.05) is 0 Å². The maximum Gasteiger partial charge on any atom is 0.329 e. The number of hydrogen-bond acceptors (Lipinski definition) is 4. The molecule has 0 radical (unpaired) electrons. The van der Waals surface area contributed by atoms with Gasteiger partial charge in [0.25, 0.3) is 0 Å². The van der Waals surface area contributed by atoms with Gasteiger partial charge in [0, 0.05) is 11.9 Å². The number of hydrogen-bond donors (Lipinski definition) is 2. The van der Waals surface area contributed by atoms with Gasteiger partial charge in [-0.2, -0.15) is 0 Å². The maximum atomic E-state index is 12.1. The third kappa shape index (κ3) is 2.17. The molecule has 2 rings (SSSR count). The molecule has 2 N–H and O–H groups in total.